The highest BCUT2D eigenvalue weighted by atomic mass is 16.5. The summed E-state index contributed by atoms with van der Waals surface area (Å²) in [6.07, 6.45) is 0. The van der Waals surface area contributed by atoms with Gasteiger partial charge in [-0.15, -0.1) is 0 Å². The fourth-order valence-electron chi connectivity index (χ4n) is 6.31. The predicted octanol–water partition coefficient (Wildman–Crippen LogP) is 8.61. The third-order valence-electron chi connectivity index (χ3n) is 9.31. The third-order valence-corrected chi connectivity index (χ3v) is 9.31. The topological polar surface area (TPSA) is 58.9 Å². The molecule has 2 N–H and O–H groups in total. The Balaban J connectivity index is 1.56. The molecule has 5 aromatic rings. The number of hydrogen-bond acceptors (Lipinski definition) is 4. The fourth-order valence-corrected chi connectivity index (χ4v) is 6.31. The maximum Gasteiger partial charge on any atom is 0.119 e. The molecule has 0 radical (unpaired) electrons. The van der Waals surface area contributed by atoms with Gasteiger partial charge in [-0.2, -0.15) is 0 Å². The zero-order valence-corrected chi connectivity index (χ0v) is 27.3. The van der Waals surface area contributed by atoms with Crippen molar-refractivity contribution in [1.82, 2.24) is 0 Å². The van der Waals surface area contributed by atoms with Gasteiger partial charge in [-0.25, -0.2) is 0 Å². The lowest BCUT2D eigenvalue weighted by atomic mass is 9.67. The summed E-state index contributed by atoms with van der Waals surface area (Å²) in [5, 5.41) is 21.9. The quantitative estimate of drug-likeness (QED) is 0.165. The van der Waals surface area contributed by atoms with E-state index in [0.717, 1.165) is 22.6 Å². The van der Waals surface area contributed by atoms with Crippen molar-refractivity contribution >= 4 is 10.8 Å². The maximum absolute atomic E-state index is 9.73. The minimum atomic E-state index is -0.570. The number of rotatable bonds is 10. The molecule has 4 heteroatoms. The van der Waals surface area contributed by atoms with Crippen molar-refractivity contribution < 1.29 is 19.7 Å². The van der Waals surface area contributed by atoms with Crippen molar-refractivity contribution in [2.24, 2.45) is 10.8 Å². The molecule has 0 fully saturated rings. The molecule has 0 aromatic heterocycles. The van der Waals surface area contributed by atoms with Gasteiger partial charge in [-0.3, -0.25) is 0 Å². The van der Waals surface area contributed by atoms with Gasteiger partial charge in [0.2, 0.25) is 0 Å². The average Bonchev–Trinajstić information content (AvgIpc) is 3.31. The van der Waals surface area contributed by atoms with E-state index in [2.05, 4.69) is 111 Å². The van der Waals surface area contributed by atoms with E-state index in [-0.39, 0.29) is 24.0 Å². The lowest BCUT2D eigenvalue weighted by Gasteiger charge is -2.34. The first-order chi connectivity index (χ1) is 21.5. The number of benzene rings is 5. The highest BCUT2D eigenvalue weighted by molar-refractivity contribution is 5.96. The summed E-state index contributed by atoms with van der Waals surface area (Å²) in [7, 11) is 0. The Bertz CT molecular complexity index is 1770. The van der Waals surface area contributed by atoms with Gasteiger partial charge >= 0.3 is 0 Å². The van der Waals surface area contributed by atoms with Crippen LogP contribution in [0.2, 0.25) is 0 Å². The Morgan fingerprint density at radius 3 is 1.47 bits per heavy atom. The molecule has 0 saturated carbocycles. The number of aliphatic hydroxyl groups is 2. The summed E-state index contributed by atoms with van der Waals surface area (Å²) in [6.45, 7) is 13.3. The van der Waals surface area contributed by atoms with Crippen molar-refractivity contribution in [3.05, 3.63) is 130 Å². The normalized spacial score (nSPS) is 13.9. The largest absolute Gasteiger partial charge is 0.493 e. The molecular formula is C41H44O4. The zero-order chi connectivity index (χ0) is 32.0. The van der Waals surface area contributed by atoms with Crippen LogP contribution in [-0.2, 0) is 5.41 Å². The van der Waals surface area contributed by atoms with Gasteiger partial charge in [0.1, 0.15) is 11.5 Å². The number of hydrogen-bond donors (Lipinski definition) is 2. The van der Waals surface area contributed by atoms with Crippen LogP contribution in [0.15, 0.2) is 97.1 Å². The Morgan fingerprint density at radius 2 is 0.978 bits per heavy atom. The van der Waals surface area contributed by atoms with Gasteiger partial charge in [0.25, 0.3) is 0 Å². The smallest absolute Gasteiger partial charge is 0.119 e. The molecular weight excluding hydrogens is 556 g/mol. The third kappa shape index (κ3) is 5.62. The van der Waals surface area contributed by atoms with Crippen LogP contribution in [0.3, 0.4) is 0 Å². The molecule has 0 spiro atoms. The van der Waals surface area contributed by atoms with E-state index < -0.39 is 5.41 Å². The number of aliphatic hydroxyl groups excluding tert-OH is 2. The van der Waals surface area contributed by atoms with Crippen LogP contribution in [0, 0.1) is 24.7 Å². The summed E-state index contributed by atoms with van der Waals surface area (Å²) in [5.41, 5.74) is 8.66. The van der Waals surface area contributed by atoms with E-state index in [0.29, 0.717) is 13.2 Å². The van der Waals surface area contributed by atoms with Crippen molar-refractivity contribution in [3.63, 3.8) is 0 Å². The van der Waals surface area contributed by atoms with Gasteiger partial charge in [0.05, 0.1) is 31.8 Å². The standard InChI is InChI=1S/C41H44O4/c1-27-19-35-36-21-29-9-7-8-10-30(29)22-38(36)41(37(35)20-28(27)2,31-11-15-33(16-12-31)44-25-39(3,4)23-42)32-13-17-34(18-14-32)45-26-40(5,6)24-43/h7-22,42-43H,23-26H2,1-6H3. The Hall–Kier alpha value is -4.12. The Labute approximate surface area is 267 Å². The number of ether oxygens (including phenoxy) is 2. The Kier molecular flexibility index (Phi) is 8.01. The molecule has 232 valence electrons. The monoisotopic (exact) mass is 600 g/mol. The molecule has 0 heterocycles. The van der Waals surface area contributed by atoms with E-state index in [1.807, 2.05) is 27.7 Å². The number of fused-ring (bicyclic) bond motifs is 4. The molecule has 0 unspecified atom stereocenters. The van der Waals surface area contributed by atoms with Gasteiger partial charge < -0.3 is 19.7 Å². The maximum atomic E-state index is 9.73. The van der Waals surface area contributed by atoms with E-state index in [9.17, 15) is 10.2 Å². The fraction of sp³-hybridized carbons (Fsp3) is 0.317. The lowest BCUT2D eigenvalue weighted by Crippen LogP contribution is -2.29. The molecule has 5 aromatic carbocycles. The molecule has 0 saturated heterocycles. The van der Waals surface area contributed by atoms with E-state index in [1.54, 1.807) is 0 Å². The first-order valence-corrected chi connectivity index (χ1v) is 15.8. The van der Waals surface area contributed by atoms with Crippen LogP contribution >= 0.6 is 0 Å². The second-order valence-corrected chi connectivity index (χ2v) is 14.2. The summed E-state index contributed by atoms with van der Waals surface area (Å²) in [5.74, 6) is 1.56. The molecule has 1 aliphatic carbocycles. The molecule has 6 rings (SSSR count). The molecule has 4 nitrogen and oxygen atoms in total. The summed E-state index contributed by atoms with van der Waals surface area (Å²) in [6, 6.07) is 35.0. The van der Waals surface area contributed by atoms with Crippen molar-refractivity contribution in [2.45, 2.75) is 47.0 Å². The van der Waals surface area contributed by atoms with Crippen molar-refractivity contribution in [1.29, 1.82) is 0 Å². The highest BCUT2D eigenvalue weighted by Gasteiger charge is 2.46. The first-order valence-electron chi connectivity index (χ1n) is 15.8. The van der Waals surface area contributed by atoms with E-state index >= 15 is 0 Å². The predicted molar refractivity (Wildman–Crippen MR) is 183 cm³/mol. The van der Waals surface area contributed by atoms with Gasteiger partial charge in [-0.05, 0) is 106 Å². The van der Waals surface area contributed by atoms with Crippen molar-refractivity contribution in [2.75, 3.05) is 26.4 Å². The van der Waals surface area contributed by atoms with Gasteiger partial charge in [0, 0.05) is 10.8 Å². The van der Waals surface area contributed by atoms with Crippen LogP contribution < -0.4 is 9.47 Å². The van der Waals surface area contributed by atoms with Crippen LogP contribution in [-0.4, -0.2) is 36.6 Å². The molecule has 0 amide bonds. The van der Waals surface area contributed by atoms with Crippen LogP contribution in [0.25, 0.3) is 21.9 Å². The molecule has 0 bridgehead atoms. The molecule has 0 aliphatic heterocycles. The molecule has 45 heavy (non-hydrogen) atoms. The second-order valence-electron chi connectivity index (χ2n) is 14.2. The summed E-state index contributed by atoms with van der Waals surface area (Å²) in [4.78, 5) is 0. The Morgan fingerprint density at radius 1 is 0.556 bits per heavy atom. The number of aryl methyl sites for hydroxylation is 2. The molecule has 0 atom stereocenters. The average molecular weight is 601 g/mol. The van der Waals surface area contributed by atoms with E-state index in [4.69, 9.17) is 9.47 Å². The van der Waals surface area contributed by atoms with Crippen LogP contribution in [0.4, 0.5) is 0 Å². The van der Waals surface area contributed by atoms with Crippen LogP contribution in [0.1, 0.15) is 61.1 Å². The van der Waals surface area contributed by atoms with Gasteiger partial charge in [0.15, 0.2) is 0 Å². The first kappa shape index (κ1) is 30.9. The lowest BCUT2D eigenvalue weighted by molar-refractivity contribution is 0.0975. The second kappa shape index (κ2) is 11.7. The van der Waals surface area contributed by atoms with Gasteiger partial charge in [-0.1, -0.05) is 88.4 Å². The SMILES string of the molecule is Cc1cc2c(cc1C)C(c1ccc(OCC(C)(C)CO)cc1)(c1ccc(OCC(C)(C)CO)cc1)c1cc3ccccc3cc1-2. The van der Waals surface area contributed by atoms with E-state index in [1.165, 1.54) is 44.2 Å². The minimum absolute atomic E-state index is 0.0612. The summed E-state index contributed by atoms with van der Waals surface area (Å²) >= 11 is 0. The minimum Gasteiger partial charge on any atom is -0.493 e. The molecule has 1 aliphatic rings. The zero-order valence-electron chi connectivity index (χ0n) is 27.3. The summed E-state index contributed by atoms with van der Waals surface area (Å²) < 4.78 is 12.3. The van der Waals surface area contributed by atoms with Crippen molar-refractivity contribution in [3.8, 4) is 22.6 Å². The highest BCUT2D eigenvalue weighted by Crippen LogP contribution is 2.57. The van der Waals surface area contributed by atoms with Crippen LogP contribution in [0.5, 0.6) is 11.5 Å².